The van der Waals surface area contributed by atoms with E-state index in [0.29, 0.717) is 6.42 Å². The Kier molecular flexibility index (Phi) is 5.46. The van der Waals surface area contributed by atoms with Crippen LogP contribution in [0, 0.1) is 11.3 Å². The van der Waals surface area contributed by atoms with E-state index in [1.54, 1.807) is 7.11 Å². The summed E-state index contributed by atoms with van der Waals surface area (Å²) < 4.78 is 6.41. The average molecular weight is 297 g/mol. The number of hydrogen-bond donors (Lipinski definition) is 0. The van der Waals surface area contributed by atoms with Crippen molar-refractivity contribution >= 4 is 15.9 Å². The third-order valence-electron chi connectivity index (χ3n) is 2.70. The van der Waals surface area contributed by atoms with Crippen molar-refractivity contribution < 1.29 is 4.74 Å². The van der Waals surface area contributed by atoms with Gasteiger partial charge in [0.2, 0.25) is 0 Å². The monoisotopic (exact) mass is 296 g/mol. The van der Waals surface area contributed by atoms with Crippen molar-refractivity contribution in [3.05, 3.63) is 28.2 Å². The van der Waals surface area contributed by atoms with E-state index >= 15 is 0 Å². The fourth-order valence-electron chi connectivity index (χ4n) is 1.86. The van der Waals surface area contributed by atoms with Crippen LogP contribution < -0.4 is 4.74 Å². The zero-order chi connectivity index (χ0) is 12.8. The summed E-state index contributed by atoms with van der Waals surface area (Å²) in [6.07, 6.45) is 1.34. The molecule has 0 aliphatic heterocycles. The van der Waals surface area contributed by atoms with E-state index in [1.807, 2.05) is 26.2 Å². The molecule has 0 fully saturated rings. The molecule has 0 amide bonds. The van der Waals surface area contributed by atoms with Crippen LogP contribution in [0.2, 0.25) is 0 Å². The van der Waals surface area contributed by atoms with Gasteiger partial charge in [-0.3, -0.25) is 0 Å². The highest BCUT2D eigenvalue weighted by molar-refractivity contribution is 9.10. The van der Waals surface area contributed by atoms with Crippen molar-refractivity contribution in [2.75, 3.05) is 21.2 Å². The molecule has 0 heterocycles. The fourth-order valence-corrected chi connectivity index (χ4v) is 2.24. The summed E-state index contributed by atoms with van der Waals surface area (Å²) >= 11 is 3.47. The second-order valence-electron chi connectivity index (χ2n) is 4.06. The number of halogens is 1. The molecule has 0 N–H and O–H groups in total. The first-order chi connectivity index (χ1) is 8.10. The van der Waals surface area contributed by atoms with Crippen molar-refractivity contribution in [1.82, 2.24) is 4.90 Å². The van der Waals surface area contributed by atoms with Gasteiger partial charge in [0.1, 0.15) is 5.75 Å². The first-order valence-electron chi connectivity index (χ1n) is 5.47. The molecule has 0 bridgehead atoms. The Morgan fingerprint density at radius 1 is 1.47 bits per heavy atom. The molecule has 1 aromatic carbocycles. The van der Waals surface area contributed by atoms with E-state index in [9.17, 15) is 0 Å². The zero-order valence-electron chi connectivity index (χ0n) is 10.4. The van der Waals surface area contributed by atoms with Gasteiger partial charge in [0.25, 0.3) is 0 Å². The third-order valence-corrected chi connectivity index (χ3v) is 3.20. The quantitative estimate of drug-likeness (QED) is 0.836. The van der Waals surface area contributed by atoms with Crippen molar-refractivity contribution in [3.63, 3.8) is 0 Å². The first kappa shape index (κ1) is 14.0. The predicted octanol–water partition coefficient (Wildman–Crippen LogP) is 3.36. The number of rotatable bonds is 5. The number of nitrogens with zero attached hydrogens (tertiary/aromatic N) is 2. The maximum absolute atomic E-state index is 8.72. The van der Waals surface area contributed by atoms with Crippen LogP contribution in [0.5, 0.6) is 5.75 Å². The predicted molar refractivity (Wildman–Crippen MR) is 72.0 cm³/mol. The van der Waals surface area contributed by atoms with E-state index in [0.717, 1.165) is 22.2 Å². The molecule has 0 saturated carbocycles. The standard InChI is InChI=1S/C13H17BrN2O/c1-16(2)12(5-4-8-15)11-9-10(14)6-7-13(11)17-3/h6-7,9,12H,4-5H2,1-3H3. The molecule has 0 aliphatic rings. The maximum Gasteiger partial charge on any atom is 0.123 e. The van der Waals surface area contributed by atoms with Gasteiger partial charge in [0, 0.05) is 22.5 Å². The summed E-state index contributed by atoms with van der Waals surface area (Å²) in [5.74, 6) is 0.866. The molecule has 1 rings (SSSR count). The van der Waals surface area contributed by atoms with Crippen LogP contribution in [-0.4, -0.2) is 26.1 Å². The Labute approximate surface area is 111 Å². The molecule has 0 radical (unpaired) electrons. The van der Waals surface area contributed by atoms with Gasteiger partial charge in [-0.15, -0.1) is 0 Å². The van der Waals surface area contributed by atoms with Gasteiger partial charge in [-0.25, -0.2) is 0 Å². The minimum atomic E-state index is 0.196. The topological polar surface area (TPSA) is 36.3 Å². The van der Waals surface area contributed by atoms with Crippen LogP contribution in [0.1, 0.15) is 24.4 Å². The van der Waals surface area contributed by atoms with Crippen LogP contribution in [0.15, 0.2) is 22.7 Å². The number of methoxy groups -OCH3 is 1. The molecule has 0 saturated heterocycles. The lowest BCUT2D eigenvalue weighted by molar-refractivity contribution is 0.276. The van der Waals surface area contributed by atoms with E-state index in [4.69, 9.17) is 10.00 Å². The summed E-state index contributed by atoms with van der Waals surface area (Å²) in [5, 5.41) is 8.72. The molecule has 92 valence electrons. The molecule has 4 heteroatoms. The molecule has 0 aromatic heterocycles. The fraction of sp³-hybridized carbons (Fsp3) is 0.462. The van der Waals surface area contributed by atoms with Gasteiger partial charge in [-0.05, 0) is 38.7 Å². The zero-order valence-corrected chi connectivity index (χ0v) is 12.0. The van der Waals surface area contributed by atoms with Gasteiger partial charge >= 0.3 is 0 Å². The second-order valence-corrected chi connectivity index (χ2v) is 4.98. The Morgan fingerprint density at radius 3 is 2.71 bits per heavy atom. The van der Waals surface area contributed by atoms with Crippen LogP contribution in [0.3, 0.4) is 0 Å². The van der Waals surface area contributed by atoms with Crippen molar-refractivity contribution in [2.24, 2.45) is 0 Å². The maximum atomic E-state index is 8.72. The molecule has 1 unspecified atom stereocenters. The van der Waals surface area contributed by atoms with Gasteiger partial charge in [-0.1, -0.05) is 15.9 Å². The van der Waals surface area contributed by atoms with Crippen LogP contribution in [0.25, 0.3) is 0 Å². The Balaban J connectivity index is 3.08. The smallest absolute Gasteiger partial charge is 0.123 e. The Morgan fingerprint density at radius 2 is 2.18 bits per heavy atom. The third kappa shape index (κ3) is 3.72. The van der Waals surface area contributed by atoms with E-state index < -0.39 is 0 Å². The summed E-state index contributed by atoms with van der Waals surface area (Å²) in [7, 11) is 5.70. The molecule has 0 aliphatic carbocycles. The summed E-state index contributed by atoms with van der Waals surface area (Å²) in [4.78, 5) is 2.11. The summed E-state index contributed by atoms with van der Waals surface area (Å²) in [6, 6.07) is 8.35. The molecule has 17 heavy (non-hydrogen) atoms. The van der Waals surface area contributed by atoms with Crippen LogP contribution in [-0.2, 0) is 0 Å². The summed E-state index contributed by atoms with van der Waals surface area (Å²) in [5.41, 5.74) is 1.11. The van der Waals surface area contributed by atoms with E-state index in [2.05, 4.69) is 33.0 Å². The lowest BCUT2D eigenvalue weighted by atomic mass is 10.0. The molecule has 3 nitrogen and oxygen atoms in total. The highest BCUT2D eigenvalue weighted by Gasteiger charge is 2.18. The molecular formula is C13H17BrN2O. The average Bonchev–Trinajstić information content (AvgIpc) is 2.29. The van der Waals surface area contributed by atoms with E-state index in [1.165, 1.54) is 0 Å². The lowest BCUT2D eigenvalue weighted by Gasteiger charge is -2.25. The van der Waals surface area contributed by atoms with Gasteiger partial charge in [0.05, 0.1) is 13.2 Å². The normalized spacial score (nSPS) is 12.2. The van der Waals surface area contributed by atoms with Crippen LogP contribution in [0.4, 0.5) is 0 Å². The van der Waals surface area contributed by atoms with Gasteiger partial charge < -0.3 is 9.64 Å². The molecule has 1 atom stereocenters. The van der Waals surface area contributed by atoms with Gasteiger partial charge in [0.15, 0.2) is 0 Å². The molecule has 1 aromatic rings. The molecular weight excluding hydrogens is 280 g/mol. The number of nitriles is 1. The lowest BCUT2D eigenvalue weighted by Crippen LogP contribution is -2.20. The number of ether oxygens (including phenoxy) is 1. The second kappa shape index (κ2) is 6.63. The van der Waals surface area contributed by atoms with Crippen molar-refractivity contribution in [2.45, 2.75) is 18.9 Å². The summed E-state index contributed by atoms with van der Waals surface area (Å²) in [6.45, 7) is 0. The Bertz CT molecular complexity index is 412. The first-order valence-corrected chi connectivity index (χ1v) is 6.26. The highest BCUT2D eigenvalue weighted by Crippen LogP contribution is 2.33. The Hall–Kier alpha value is -1.05. The SMILES string of the molecule is COc1ccc(Br)cc1C(CCC#N)N(C)C. The highest BCUT2D eigenvalue weighted by atomic mass is 79.9. The number of hydrogen-bond acceptors (Lipinski definition) is 3. The van der Waals surface area contributed by atoms with E-state index in [-0.39, 0.29) is 6.04 Å². The molecule has 0 spiro atoms. The number of benzene rings is 1. The van der Waals surface area contributed by atoms with Crippen molar-refractivity contribution in [1.29, 1.82) is 5.26 Å². The largest absolute Gasteiger partial charge is 0.496 e. The minimum Gasteiger partial charge on any atom is -0.496 e. The van der Waals surface area contributed by atoms with Crippen molar-refractivity contribution in [3.8, 4) is 11.8 Å². The van der Waals surface area contributed by atoms with Gasteiger partial charge in [-0.2, -0.15) is 5.26 Å². The van der Waals surface area contributed by atoms with Crippen LogP contribution >= 0.6 is 15.9 Å². The minimum absolute atomic E-state index is 0.196.